The molecule has 0 aliphatic rings. The fraction of sp³-hybridized carbons (Fsp3) is 0.182. The summed E-state index contributed by atoms with van der Waals surface area (Å²) in [6.07, 6.45) is 9.57. The number of nitrogens with zero attached hydrogens (tertiary/aromatic N) is 1. The SMILES string of the molecule is C=C/C=C\C=C(/C)c1cnc(NC)s1. The highest BCUT2D eigenvalue weighted by atomic mass is 32.1. The summed E-state index contributed by atoms with van der Waals surface area (Å²) in [6, 6.07) is 0. The first kappa shape index (κ1) is 10.7. The second-order valence-corrected chi connectivity index (χ2v) is 3.78. The average molecular weight is 206 g/mol. The fourth-order valence-electron chi connectivity index (χ4n) is 0.933. The summed E-state index contributed by atoms with van der Waals surface area (Å²) >= 11 is 1.65. The van der Waals surface area contributed by atoms with Gasteiger partial charge in [0.05, 0.1) is 4.88 Å². The van der Waals surface area contributed by atoms with Crippen molar-refractivity contribution in [2.24, 2.45) is 0 Å². The molecular formula is C11H14N2S. The fourth-order valence-corrected chi connectivity index (χ4v) is 1.68. The van der Waals surface area contributed by atoms with Gasteiger partial charge in [0.25, 0.3) is 0 Å². The average Bonchev–Trinajstić information content (AvgIpc) is 2.66. The molecule has 0 fully saturated rings. The van der Waals surface area contributed by atoms with Crippen molar-refractivity contribution in [3.05, 3.63) is 42.0 Å². The molecule has 0 aliphatic carbocycles. The van der Waals surface area contributed by atoms with Gasteiger partial charge in [-0.3, -0.25) is 0 Å². The van der Waals surface area contributed by atoms with Gasteiger partial charge in [-0.1, -0.05) is 42.2 Å². The van der Waals surface area contributed by atoms with E-state index in [9.17, 15) is 0 Å². The normalized spacial score (nSPS) is 12.0. The van der Waals surface area contributed by atoms with E-state index in [1.165, 1.54) is 10.5 Å². The van der Waals surface area contributed by atoms with Crippen LogP contribution in [0.1, 0.15) is 11.8 Å². The molecule has 0 spiro atoms. The third-order valence-electron chi connectivity index (χ3n) is 1.70. The predicted octanol–water partition coefficient (Wildman–Crippen LogP) is 3.33. The topological polar surface area (TPSA) is 24.9 Å². The number of aromatic nitrogens is 1. The number of rotatable bonds is 4. The Labute approximate surface area is 88.7 Å². The van der Waals surface area contributed by atoms with Crippen molar-refractivity contribution < 1.29 is 0 Å². The maximum atomic E-state index is 4.21. The Hall–Kier alpha value is -1.35. The van der Waals surface area contributed by atoms with Crippen LogP contribution in [0.15, 0.2) is 37.1 Å². The van der Waals surface area contributed by atoms with Crippen molar-refractivity contribution >= 4 is 22.0 Å². The molecule has 0 atom stereocenters. The standard InChI is InChI=1S/C11H14N2S/c1-4-5-6-7-9(2)10-8-13-11(12-3)14-10/h4-8H,1H2,2-3H3,(H,12,13)/b6-5-,9-7+. The van der Waals surface area contributed by atoms with E-state index in [1.54, 1.807) is 17.4 Å². The molecule has 0 amide bonds. The lowest BCUT2D eigenvalue weighted by Gasteiger charge is -1.92. The largest absolute Gasteiger partial charge is 0.365 e. The molecule has 0 unspecified atom stereocenters. The second-order valence-electron chi connectivity index (χ2n) is 2.75. The minimum Gasteiger partial charge on any atom is -0.365 e. The van der Waals surface area contributed by atoms with Crippen molar-refractivity contribution in [3.63, 3.8) is 0 Å². The highest BCUT2D eigenvalue weighted by Gasteiger charge is 2.00. The molecule has 1 aromatic rings. The summed E-state index contributed by atoms with van der Waals surface area (Å²) in [6.45, 7) is 5.68. The number of hydrogen-bond donors (Lipinski definition) is 1. The Morgan fingerprint density at radius 1 is 1.57 bits per heavy atom. The molecule has 0 aliphatic heterocycles. The number of anilines is 1. The Kier molecular flexibility index (Phi) is 4.13. The van der Waals surface area contributed by atoms with Crippen LogP contribution in [0.5, 0.6) is 0 Å². The highest BCUT2D eigenvalue weighted by Crippen LogP contribution is 2.24. The first-order valence-corrected chi connectivity index (χ1v) is 5.19. The monoisotopic (exact) mass is 206 g/mol. The van der Waals surface area contributed by atoms with Gasteiger partial charge in [-0.25, -0.2) is 4.98 Å². The Morgan fingerprint density at radius 3 is 2.93 bits per heavy atom. The van der Waals surface area contributed by atoms with Gasteiger partial charge in [0, 0.05) is 13.2 Å². The van der Waals surface area contributed by atoms with Crippen LogP contribution in [0.2, 0.25) is 0 Å². The zero-order chi connectivity index (χ0) is 10.4. The van der Waals surface area contributed by atoms with Gasteiger partial charge in [0.2, 0.25) is 0 Å². The quantitative estimate of drug-likeness (QED) is 0.764. The van der Waals surface area contributed by atoms with E-state index in [4.69, 9.17) is 0 Å². The van der Waals surface area contributed by atoms with Gasteiger partial charge < -0.3 is 5.32 Å². The summed E-state index contributed by atoms with van der Waals surface area (Å²) in [4.78, 5) is 5.39. The third kappa shape index (κ3) is 2.85. The van der Waals surface area contributed by atoms with Crippen molar-refractivity contribution in [2.45, 2.75) is 6.92 Å². The summed E-state index contributed by atoms with van der Waals surface area (Å²) in [5.74, 6) is 0. The molecule has 14 heavy (non-hydrogen) atoms. The van der Waals surface area contributed by atoms with E-state index in [0.717, 1.165) is 5.13 Å². The van der Waals surface area contributed by atoms with E-state index in [0.29, 0.717) is 0 Å². The summed E-state index contributed by atoms with van der Waals surface area (Å²) in [7, 11) is 1.87. The van der Waals surface area contributed by atoms with E-state index in [-0.39, 0.29) is 0 Å². The summed E-state index contributed by atoms with van der Waals surface area (Å²) < 4.78 is 0. The third-order valence-corrected chi connectivity index (χ3v) is 2.85. The smallest absolute Gasteiger partial charge is 0.182 e. The van der Waals surface area contributed by atoms with Crippen LogP contribution in [-0.4, -0.2) is 12.0 Å². The van der Waals surface area contributed by atoms with E-state index >= 15 is 0 Å². The lowest BCUT2D eigenvalue weighted by molar-refractivity contribution is 1.36. The van der Waals surface area contributed by atoms with Crippen LogP contribution >= 0.6 is 11.3 Å². The zero-order valence-corrected chi connectivity index (χ0v) is 9.27. The molecule has 2 nitrogen and oxygen atoms in total. The molecular weight excluding hydrogens is 192 g/mol. The molecule has 1 N–H and O–H groups in total. The van der Waals surface area contributed by atoms with Crippen LogP contribution in [0.4, 0.5) is 5.13 Å². The first-order valence-electron chi connectivity index (χ1n) is 4.38. The van der Waals surface area contributed by atoms with Crippen molar-refractivity contribution in [3.8, 4) is 0 Å². The lowest BCUT2D eigenvalue weighted by Crippen LogP contribution is -1.83. The van der Waals surface area contributed by atoms with E-state index in [1.807, 2.05) is 25.4 Å². The van der Waals surface area contributed by atoms with Crippen molar-refractivity contribution in [2.75, 3.05) is 12.4 Å². The zero-order valence-electron chi connectivity index (χ0n) is 8.45. The van der Waals surface area contributed by atoms with Gasteiger partial charge in [-0.2, -0.15) is 0 Å². The summed E-state index contributed by atoms with van der Waals surface area (Å²) in [5, 5.41) is 3.96. The molecule has 0 aromatic carbocycles. The molecule has 74 valence electrons. The van der Waals surface area contributed by atoms with E-state index in [2.05, 4.69) is 29.9 Å². The van der Waals surface area contributed by atoms with Crippen molar-refractivity contribution in [1.29, 1.82) is 0 Å². The first-order chi connectivity index (χ1) is 6.77. The van der Waals surface area contributed by atoms with Gasteiger partial charge in [0.15, 0.2) is 5.13 Å². The van der Waals surface area contributed by atoms with Crippen LogP contribution in [0, 0.1) is 0 Å². The van der Waals surface area contributed by atoms with E-state index < -0.39 is 0 Å². The number of allylic oxidation sites excluding steroid dienone is 5. The number of thiazole rings is 1. The molecule has 0 saturated heterocycles. The molecule has 0 saturated carbocycles. The van der Waals surface area contributed by atoms with Crippen LogP contribution in [0.25, 0.3) is 5.57 Å². The predicted molar refractivity (Wildman–Crippen MR) is 64.6 cm³/mol. The molecule has 1 rings (SSSR count). The molecule has 3 heteroatoms. The van der Waals surface area contributed by atoms with Crippen molar-refractivity contribution in [1.82, 2.24) is 4.98 Å². The summed E-state index contributed by atoms with van der Waals surface area (Å²) in [5.41, 5.74) is 1.21. The Morgan fingerprint density at radius 2 is 2.36 bits per heavy atom. The Balaban J connectivity index is 2.77. The van der Waals surface area contributed by atoms with Gasteiger partial charge in [-0.05, 0) is 12.5 Å². The molecule has 1 aromatic heterocycles. The van der Waals surface area contributed by atoms with Crippen LogP contribution in [0.3, 0.4) is 0 Å². The van der Waals surface area contributed by atoms with Crippen LogP contribution < -0.4 is 5.32 Å². The van der Waals surface area contributed by atoms with Gasteiger partial charge >= 0.3 is 0 Å². The Bertz CT molecular complexity index is 361. The minimum absolute atomic E-state index is 0.945. The molecule has 1 heterocycles. The maximum Gasteiger partial charge on any atom is 0.182 e. The minimum atomic E-state index is 0.945. The molecule has 0 radical (unpaired) electrons. The number of hydrogen-bond acceptors (Lipinski definition) is 3. The maximum absolute atomic E-state index is 4.21. The van der Waals surface area contributed by atoms with Gasteiger partial charge in [-0.15, -0.1) is 0 Å². The second kappa shape index (κ2) is 5.40. The lowest BCUT2D eigenvalue weighted by atomic mass is 10.2. The van der Waals surface area contributed by atoms with Crippen LogP contribution in [-0.2, 0) is 0 Å². The number of nitrogens with one attached hydrogen (secondary N) is 1. The van der Waals surface area contributed by atoms with Gasteiger partial charge in [0.1, 0.15) is 0 Å². The highest BCUT2D eigenvalue weighted by molar-refractivity contribution is 7.16. The molecule has 0 bridgehead atoms.